The maximum Gasteiger partial charge on any atom is 0.361 e. The largest absolute Gasteiger partial charge is 0.477 e. The summed E-state index contributed by atoms with van der Waals surface area (Å²) in [5.41, 5.74) is 0. The molecule has 0 amide bonds. The van der Waals surface area contributed by atoms with E-state index in [0.717, 1.165) is 109 Å². The van der Waals surface area contributed by atoms with Crippen LogP contribution in [0.25, 0.3) is 0 Å². The molecule has 0 saturated heterocycles. The molecule has 0 aliphatic carbocycles. The molecular weight excluding hydrogens is 1050 g/mol. The van der Waals surface area contributed by atoms with Crippen molar-refractivity contribution >= 4 is 17.9 Å². The van der Waals surface area contributed by atoms with Crippen molar-refractivity contribution in [3.63, 3.8) is 0 Å². The van der Waals surface area contributed by atoms with Gasteiger partial charge in [-0.3, -0.25) is 9.59 Å². The lowest BCUT2D eigenvalue weighted by Crippen LogP contribution is -2.40. The van der Waals surface area contributed by atoms with E-state index >= 15 is 0 Å². The van der Waals surface area contributed by atoms with Gasteiger partial charge in [0.25, 0.3) is 6.29 Å². The maximum absolute atomic E-state index is 12.9. The van der Waals surface area contributed by atoms with E-state index in [1.165, 1.54) is 103 Å². The Hall–Kier alpha value is -5.09. The van der Waals surface area contributed by atoms with Crippen LogP contribution in [-0.4, -0.2) is 87.4 Å². The lowest BCUT2D eigenvalue weighted by molar-refractivity contribution is -0.870. The molecule has 85 heavy (non-hydrogen) atoms. The van der Waals surface area contributed by atoms with Crippen LogP contribution in [0.4, 0.5) is 0 Å². The summed E-state index contributed by atoms with van der Waals surface area (Å²) in [5.74, 6) is -2.08. The Labute approximate surface area is 521 Å². The van der Waals surface area contributed by atoms with Crippen LogP contribution >= 0.6 is 0 Å². The predicted molar refractivity (Wildman–Crippen MR) is 363 cm³/mol. The van der Waals surface area contributed by atoms with Crippen molar-refractivity contribution in [2.75, 3.05) is 47.5 Å². The number of ether oxygens (including phenoxy) is 4. The van der Waals surface area contributed by atoms with E-state index < -0.39 is 24.3 Å². The van der Waals surface area contributed by atoms with Crippen molar-refractivity contribution in [3.8, 4) is 0 Å². The van der Waals surface area contributed by atoms with E-state index in [-0.39, 0.29) is 38.6 Å². The average molecular weight is 1180 g/mol. The highest BCUT2D eigenvalue weighted by atomic mass is 16.7. The van der Waals surface area contributed by atoms with Gasteiger partial charge in [0, 0.05) is 12.8 Å². The number of allylic oxidation sites excluding steroid dienone is 26. The first-order valence-electron chi connectivity index (χ1n) is 33.6. The van der Waals surface area contributed by atoms with Crippen molar-refractivity contribution in [1.29, 1.82) is 0 Å². The molecule has 0 bridgehead atoms. The Morgan fingerprint density at radius 3 is 1.04 bits per heavy atom. The minimum Gasteiger partial charge on any atom is -0.477 e. The number of esters is 2. The van der Waals surface area contributed by atoms with Gasteiger partial charge < -0.3 is 28.5 Å². The van der Waals surface area contributed by atoms with Gasteiger partial charge in [-0.25, -0.2) is 4.79 Å². The van der Waals surface area contributed by atoms with E-state index in [1.807, 2.05) is 21.1 Å². The Morgan fingerprint density at radius 2 is 0.671 bits per heavy atom. The van der Waals surface area contributed by atoms with E-state index in [9.17, 15) is 19.5 Å². The van der Waals surface area contributed by atoms with Gasteiger partial charge in [-0.1, -0.05) is 262 Å². The van der Waals surface area contributed by atoms with Gasteiger partial charge in [-0.05, 0) is 128 Å². The topological polar surface area (TPSA) is 108 Å². The lowest BCUT2D eigenvalue weighted by atomic mass is 10.1. The molecule has 9 nitrogen and oxygen atoms in total. The smallest absolute Gasteiger partial charge is 0.361 e. The van der Waals surface area contributed by atoms with Crippen molar-refractivity contribution in [2.24, 2.45) is 0 Å². The third kappa shape index (κ3) is 66.3. The quantitative estimate of drug-likeness (QED) is 0.0211. The zero-order valence-corrected chi connectivity index (χ0v) is 54.7. The number of nitrogens with zero attached hydrogens (tertiary/aromatic N) is 1. The minimum atomic E-state index is -1.53. The van der Waals surface area contributed by atoms with Gasteiger partial charge in [-0.15, -0.1) is 0 Å². The van der Waals surface area contributed by atoms with Gasteiger partial charge in [0.05, 0.1) is 34.4 Å². The number of carboxylic acids is 1. The SMILES string of the molecule is CC/C=C\C/C=C\C/C=C\C/C=C\C/C=C\C/C=C\C/C=C\C/C=C\C/C=C\C/C=C\C/C=C\C/C=C\CCCCC(=O)OC(COC(=O)CCCCCCCCCCC/C=C\CCCCCCCCCC)COC(OCC[N+](C)(C)C)C(=O)O. The molecule has 0 rings (SSSR count). The first-order chi connectivity index (χ1) is 41.6. The molecule has 0 radical (unpaired) electrons. The van der Waals surface area contributed by atoms with Crippen LogP contribution in [0.15, 0.2) is 158 Å². The number of carboxylic acid groups (broad SMARTS) is 1. The van der Waals surface area contributed by atoms with Crippen LogP contribution in [0.2, 0.25) is 0 Å². The van der Waals surface area contributed by atoms with Gasteiger partial charge in [0.2, 0.25) is 0 Å². The fourth-order valence-electron chi connectivity index (χ4n) is 8.64. The zero-order valence-electron chi connectivity index (χ0n) is 54.7. The molecule has 0 aliphatic rings. The number of hydrogen-bond donors (Lipinski definition) is 1. The first kappa shape index (κ1) is 79.9. The Morgan fingerprint density at radius 1 is 0.365 bits per heavy atom. The van der Waals surface area contributed by atoms with E-state index in [4.69, 9.17) is 18.9 Å². The molecule has 0 heterocycles. The third-order valence-corrected chi connectivity index (χ3v) is 13.8. The second-order valence-corrected chi connectivity index (χ2v) is 23.0. The Balaban J connectivity index is 4.29. The van der Waals surface area contributed by atoms with Crippen LogP contribution in [0.1, 0.15) is 245 Å². The molecule has 0 aromatic heterocycles. The fraction of sp³-hybridized carbons (Fsp3) is 0.618. The molecule has 0 saturated carbocycles. The van der Waals surface area contributed by atoms with Crippen LogP contribution in [0.3, 0.4) is 0 Å². The number of carbonyl (C=O) groups excluding carboxylic acids is 2. The molecule has 0 fully saturated rings. The number of quaternary nitrogens is 1. The minimum absolute atomic E-state index is 0.171. The van der Waals surface area contributed by atoms with Crippen molar-refractivity contribution in [3.05, 3.63) is 158 Å². The highest BCUT2D eigenvalue weighted by Crippen LogP contribution is 2.15. The third-order valence-electron chi connectivity index (χ3n) is 13.8. The van der Waals surface area contributed by atoms with E-state index in [1.54, 1.807) is 0 Å². The number of rotatable bonds is 60. The molecule has 0 spiro atoms. The summed E-state index contributed by atoms with van der Waals surface area (Å²) in [7, 11) is 5.95. The molecule has 2 atom stereocenters. The normalized spacial score (nSPS) is 13.8. The number of unbranched alkanes of at least 4 members (excludes halogenated alkanes) is 19. The second-order valence-electron chi connectivity index (χ2n) is 23.0. The molecular formula is C76H124NO8+. The van der Waals surface area contributed by atoms with Gasteiger partial charge >= 0.3 is 17.9 Å². The van der Waals surface area contributed by atoms with E-state index in [0.29, 0.717) is 17.4 Å². The molecule has 0 aromatic carbocycles. The number of hydrogen-bond acceptors (Lipinski definition) is 7. The monoisotopic (exact) mass is 1180 g/mol. The molecule has 0 aliphatic heterocycles. The van der Waals surface area contributed by atoms with Gasteiger partial charge in [0.15, 0.2) is 6.10 Å². The van der Waals surface area contributed by atoms with E-state index in [2.05, 4.69) is 172 Å². The van der Waals surface area contributed by atoms with Crippen LogP contribution < -0.4 is 0 Å². The Bertz CT molecular complexity index is 1950. The zero-order chi connectivity index (χ0) is 61.9. The first-order valence-corrected chi connectivity index (χ1v) is 33.6. The molecule has 480 valence electrons. The summed E-state index contributed by atoms with van der Waals surface area (Å²) in [6.45, 7) is 4.70. The maximum atomic E-state index is 12.9. The van der Waals surface area contributed by atoms with Gasteiger partial charge in [0.1, 0.15) is 13.2 Å². The highest BCUT2D eigenvalue weighted by Gasteiger charge is 2.25. The van der Waals surface area contributed by atoms with Crippen molar-refractivity contribution < 1.29 is 42.9 Å². The Kier molecular flexibility index (Phi) is 61.0. The summed E-state index contributed by atoms with van der Waals surface area (Å²) in [5, 5.41) is 9.73. The number of likely N-dealkylation sites (N-methyl/N-ethyl adjacent to an activating group) is 1. The van der Waals surface area contributed by atoms with Crippen LogP contribution in [0, 0.1) is 0 Å². The number of carbonyl (C=O) groups is 3. The summed E-state index contributed by atoms with van der Waals surface area (Å²) < 4.78 is 22.9. The predicted octanol–water partition coefficient (Wildman–Crippen LogP) is 20.9. The standard InChI is InChI=1S/C76H123NO8/c1-6-8-10-12-14-16-18-20-22-24-26-28-29-30-31-32-33-34-35-36-37-38-39-40-41-42-43-44-45-47-49-51-53-55-57-59-61-63-65-67-74(79)85-72(71-84-76(75(80)81)82-69-68-77(3,4)5)70-83-73(78)66-64-62-60-58-56-54-52-50-48-46-27-25-23-21-19-17-15-13-11-9-7-2/h8,10,14,16,20,22,25-28,30-31,33-34,36-37,39-40,42-43,45,47,51,53,57,59,72,76H,6-7,9,11-13,15,17-19,21,23-24,29,32,35,38,41,44,46,48-50,52,54-56,58,60-71H2,1-5H3/p+1/b10-8-,16-14-,22-20-,27-25-,28-26-,31-30-,34-33-,37-36-,40-39-,43-42-,47-45-,53-51-,59-57-. The number of aliphatic carboxylic acids is 1. The summed E-state index contributed by atoms with van der Waals surface area (Å²) in [6.07, 6.45) is 93.5. The fourth-order valence-corrected chi connectivity index (χ4v) is 8.64. The van der Waals surface area contributed by atoms with Crippen LogP contribution in [-0.2, 0) is 33.3 Å². The van der Waals surface area contributed by atoms with Crippen molar-refractivity contribution in [1.82, 2.24) is 0 Å². The summed E-state index contributed by atoms with van der Waals surface area (Å²) >= 11 is 0. The summed E-state index contributed by atoms with van der Waals surface area (Å²) in [4.78, 5) is 37.5. The van der Waals surface area contributed by atoms with Crippen LogP contribution in [0.5, 0.6) is 0 Å². The summed E-state index contributed by atoms with van der Waals surface area (Å²) in [6, 6.07) is 0. The van der Waals surface area contributed by atoms with Crippen molar-refractivity contribution in [2.45, 2.75) is 257 Å². The molecule has 1 N–H and O–H groups in total. The highest BCUT2D eigenvalue weighted by molar-refractivity contribution is 5.71. The molecule has 2 unspecified atom stereocenters. The molecule has 9 heteroatoms. The second kappa shape index (κ2) is 64.9. The molecule has 0 aromatic rings. The van der Waals surface area contributed by atoms with Gasteiger partial charge in [-0.2, -0.15) is 0 Å². The average Bonchev–Trinajstić information content (AvgIpc) is 3.49. The lowest BCUT2D eigenvalue weighted by Gasteiger charge is -2.25.